The number of morpholine rings is 1. The Morgan fingerprint density at radius 3 is 2.52 bits per heavy atom. The van der Waals surface area contributed by atoms with Crippen LogP contribution in [-0.4, -0.2) is 56.3 Å². The van der Waals surface area contributed by atoms with Crippen LogP contribution in [0.5, 0.6) is 0 Å². The molecule has 2 N–H and O–H groups in total. The number of benzene rings is 1. The molecule has 2 rings (SSSR count). The SMILES string of the molecule is CN=C(NCC(c1cccc(C)c1)N1CCOCC1)NC(C)(C)C.I. The lowest BCUT2D eigenvalue weighted by molar-refractivity contribution is 0.0169. The molecule has 25 heavy (non-hydrogen) atoms. The van der Waals surface area contributed by atoms with Crippen molar-refractivity contribution in [2.24, 2.45) is 4.99 Å². The molecular weight excluding hydrogens is 427 g/mol. The fraction of sp³-hybridized carbons (Fsp3) is 0.632. The highest BCUT2D eigenvalue weighted by molar-refractivity contribution is 14.0. The molecule has 0 radical (unpaired) electrons. The summed E-state index contributed by atoms with van der Waals surface area (Å²) >= 11 is 0. The van der Waals surface area contributed by atoms with Crippen molar-refractivity contribution in [3.63, 3.8) is 0 Å². The Morgan fingerprint density at radius 1 is 1.28 bits per heavy atom. The summed E-state index contributed by atoms with van der Waals surface area (Å²) in [5.74, 6) is 0.841. The number of ether oxygens (including phenoxy) is 1. The lowest BCUT2D eigenvalue weighted by atomic mass is 10.0. The minimum Gasteiger partial charge on any atom is -0.379 e. The number of aryl methyl sites for hydroxylation is 1. The number of nitrogens with one attached hydrogen (secondary N) is 2. The van der Waals surface area contributed by atoms with Gasteiger partial charge in [0.05, 0.1) is 19.3 Å². The summed E-state index contributed by atoms with van der Waals surface area (Å²) in [6, 6.07) is 9.09. The van der Waals surface area contributed by atoms with E-state index in [1.807, 2.05) is 7.05 Å². The fourth-order valence-electron chi connectivity index (χ4n) is 2.95. The van der Waals surface area contributed by atoms with Gasteiger partial charge in [-0.25, -0.2) is 0 Å². The zero-order valence-electron chi connectivity index (χ0n) is 16.1. The van der Waals surface area contributed by atoms with Crippen LogP contribution in [-0.2, 0) is 4.74 Å². The molecule has 0 bridgehead atoms. The summed E-state index contributed by atoms with van der Waals surface area (Å²) < 4.78 is 5.52. The van der Waals surface area contributed by atoms with E-state index in [4.69, 9.17) is 4.74 Å². The number of hydrogen-bond acceptors (Lipinski definition) is 3. The van der Waals surface area contributed by atoms with Crippen molar-refractivity contribution in [3.8, 4) is 0 Å². The van der Waals surface area contributed by atoms with Gasteiger partial charge >= 0.3 is 0 Å². The van der Waals surface area contributed by atoms with Gasteiger partial charge in [0.15, 0.2) is 5.96 Å². The lowest BCUT2D eigenvalue weighted by Gasteiger charge is -2.35. The second kappa shape index (κ2) is 10.3. The predicted molar refractivity (Wildman–Crippen MR) is 116 cm³/mol. The molecule has 1 aliphatic heterocycles. The summed E-state index contributed by atoms with van der Waals surface area (Å²) in [7, 11) is 1.82. The molecule has 1 fully saturated rings. The van der Waals surface area contributed by atoms with Crippen molar-refractivity contribution in [2.45, 2.75) is 39.3 Å². The van der Waals surface area contributed by atoms with Gasteiger partial charge in [0.2, 0.25) is 0 Å². The molecule has 0 saturated carbocycles. The van der Waals surface area contributed by atoms with Crippen LogP contribution < -0.4 is 10.6 Å². The van der Waals surface area contributed by atoms with Gasteiger partial charge in [-0.05, 0) is 33.3 Å². The minimum atomic E-state index is -0.0142. The topological polar surface area (TPSA) is 48.9 Å². The Labute approximate surface area is 169 Å². The summed E-state index contributed by atoms with van der Waals surface area (Å²) in [4.78, 5) is 6.85. The number of aliphatic imine (C=N–C) groups is 1. The highest BCUT2D eigenvalue weighted by Crippen LogP contribution is 2.22. The Balaban J connectivity index is 0.00000312. The number of halogens is 1. The van der Waals surface area contributed by atoms with Crippen molar-refractivity contribution in [1.29, 1.82) is 0 Å². The molecule has 142 valence electrons. The third-order valence-corrected chi connectivity index (χ3v) is 4.09. The average molecular weight is 460 g/mol. The Hall–Kier alpha value is -0.860. The number of nitrogens with zero attached hydrogens (tertiary/aromatic N) is 2. The molecule has 6 heteroatoms. The maximum Gasteiger partial charge on any atom is 0.191 e. The molecule has 0 spiro atoms. The summed E-state index contributed by atoms with van der Waals surface area (Å²) in [5, 5.41) is 6.92. The second-order valence-corrected chi connectivity index (χ2v) is 7.41. The third kappa shape index (κ3) is 7.50. The highest BCUT2D eigenvalue weighted by atomic mass is 127. The van der Waals surface area contributed by atoms with Crippen molar-refractivity contribution in [2.75, 3.05) is 39.9 Å². The van der Waals surface area contributed by atoms with Crippen molar-refractivity contribution < 1.29 is 4.74 Å². The lowest BCUT2D eigenvalue weighted by Crippen LogP contribution is -2.50. The second-order valence-electron chi connectivity index (χ2n) is 7.41. The van der Waals surface area contributed by atoms with E-state index >= 15 is 0 Å². The van der Waals surface area contributed by atoms with E-state index in [9.17, 15) is 0 Å². The molecule has 1 aromatic carbocycles. The van der Waals surface area contributed by atoms with Gasteiger partial charge in [-0.15, -0.1) is 24.0 Å². The predicted octanol–water partition coefficient (Wildman–Crippen LogP) is 2.95. The van der Waals surface area contributed by atoms with Crippen LogP contribution in [0.2, 0.25) is 0 Å². The molecule has 0 aliphatic carbocycles. The maximum absolute atomic E-state index is 5.52. The van der Waals surface area contributed by atoms with Crippen LogP contribution in [0.4, 0.5) is 0 Å². The van der Waals surface area contributed by atoms with E-state index < -0.39 is 0 Å². The third-order valence-electron chi connectivity index (χ3n) is 4.09. The van der Waals surface area contributed by atoms with Gasteiger partial charge in [-0.3, -0.25) is 9.89 Å². The first-order valence-electron chi connectivity index (χ1n) is 8.76. The van der Waals surface area contributed by atoms with Crippen molar-refractivity contribution >= 4 is 29.9 Å². The molecule has 0 aromatic heterocycles. The number of hydrogen-bond donors (Lipinski definition) is 2. The molecule has 1 aliphatic rings. The molecule has 1 atom stereocenters. The first-order valence-corrected chi connectivity index (χ1v) is 8.76. The van der Waals surface area contributed by atoms with Crippen LogP contribution >= 0.6 is 24.0 Å². The van der Waals surface area contributed by atoms with E-state index in [1.165, 1.54) is 11.1 Å². The smallest absolute Gasteiger partial charge is 0.191 e. The van der Waals surface area contributed by atoms with Crippen LogP contribution in [0, 0.1) is 6.92 Å². The van der Waals surface area contributed by atoms with Crippen LogP contribution in [0.25, 0.3) is 0 Å². The standard InChI is InChI=1S/C19H32N4O.HI/c1-15-7-6-8-16(13-15)17(23-9-11-24-12-10-23)14-21-18(20-5)22-19(2,3)4;/h6-8,13,17H,9-12,14H2,1-5H3,(H2,20,21,22);1H. The number of rotatable bonds is 4. The van der Waals surface area contributed by atoms with Gasteiger partial charge in [-0.1, -0.05) is 29.8 Å². The van der Waals surface area contributed by atoms with Gasteiger partial charge in [0, 0.05) is 32.2 Å². The summed E-state index contributed by atoms with van der Waals surface area (Å²) in [6.45, 7) is 12.9. The van der Waals surface area contributed by atoms with E-state index in [2.05, 4.69) is 72.5 Å². The summed E-state index contributed by atoms with van der Waals surface area (Å²) in [5.41, 5.74) is 2.62. The zero-order valence-corrected chi connectivity index (χ0v) is 18.5. The normalized spacial score (nSPS) is 17.6. The Kier molecular flexibility index (Phi) is 9.16. The van der Waals surface area contributed by atoms with Crippen LogP contribution in [0.1, 0.15) is 37.9 Å². The van der Waals surface area contributed by atoms with Gasteiger partial charge in [-0.2, -0.15) is 0 Å². The van der Waals surface area contributed by atoms with Crippen LogP contribution in [0.15, 0.2) is 29.3 Å². The summed E-state index contributed by atoms with van der Waals surface area (Å²) in [6.07, 6.45) is 0. The Bertz CT molecular complexity index is 551. The molecule has 1 aromatic rings. The number of guanidine groups is 1. The van der Waals surface area contributed by atoms with E-state index in [0.717, 1.165) is 38.8 Å². The van der Waals surface area contributed by atoms with Crippen LogP contribution in [0.3, 0.4) is 0 Å². The first-order chi connectivity index (χ1) is 11.4. The minimum absolute atomic E-state index is 0. The molecule has 1 heterocycles. The average Bonchev–Trinajstić information content (AvgIpc) is 2.54. The quantitative estimate of drug-likeness (QED) is 0.412. The van der Waals surface area contributed by atoms with Gasteiger partial charge in [0.1, 0.15) is 0 Å². The van der Waals surface area contributed by atoms with Crippen molar-refractivity contribution in [3.05, 3.63) is 35.4 Å². The van der Waals surface area contributed by atoms with E-state index in [-0.39, 0.29) is 29.5 Å². The van der Waals surface area contributed by atoms with Crippen molar-refractivity contribution in [1.82, 2.24) is 15.5 Å². The Morgan fingerprint density at radius 2 is 1.96 bits per heavy atom. The fourth-order valence-corrected chi connectivity index (χ4v) is 2.95. The van der Waals surface area contributed by atoms with E-state index in [0.29, 0.717) is 6.04 Å². The monoisotopic (exact) mass is 460 g/mol. The van der Waals surface area contributed by atoms with E-state index in [1.54, 1.807) is 0 Å². The molecular formula is C19H33IN4O. The molecule has 1 saturated heterocycles. The molecule has 0 amide bonds. The van der Waals surface area contributed by atoms with Gasteiger partial charge in [0.25, 0.3) is 0 Å². The largest absolute Gasteiger partial charge is 0.379 e. The maximum atomic E-state index is 5.52. The highest BCUT2D eigenvalue weighted by Gasteiger charge is 2.23. The zero-order chi connectivity index (χ0) is 17.6. The first kappa shape index (κ1) is 22.2. The molecule has 5 nitrogen and oxygen atoms in total. The molecule has 1 unspecified atom stereocenters. The van der Waals surface area contributed by atoms with Gasteiger partial charge < -0.3 is 15.4 Å².